The second kappa shape index (κ2) is 9.13. The molecule has 3 heterocycles. The third-order valence-corrected chi connectivity index (χ3v) is 5.52. The number of allylic oxidation sites excluding steroid dienone is 1. The Labute approximate surface area is 183 Å². The van der Waals surface area contributed by atoms with Crippen molar-refractivity contribution in [2.45, 2.75) is 30.2 Å². The predicted octanol–water partition coefficient (Wildman–Crippen LogP) is 5.33. The van der Waals surface area contributed by atoms with Gasteiger partial charge in [-0.25, -0.2) is 4.39 Å². The Kier molecular flexibility index (Phi) is 6.13. The van der Waals surface area contributed by atoms with E-state index in [1.807, 2.05) is 50.4 Å². The normalized spacial score (nSPS) is 11.7. The summed E-state index contributed by atoms with van der Waals surface area (Å²) in [6, 6.07) is 11.5. The molecular formula is C22H21FN6OS. The zero-order valence-electron chi connectivity index (χ0n) is 17.3. The summed E-state index contributed by atoms with van der Waals surface area (Å²) in [5.74, 6) is 0.616. The maximum absolute atomic E-state index is 14.2. The lowest BCUT2D eigenvalue weighted by Crippen LogP contribution is -2.01. The van der Waals surface area contributed by atoms with E-state index in [4.69, 9.17) is 4.52 Å². The van der Waals surface area contributed by atoms with E-state index in [1.165, 1.54) is 6.20 Å². The van der Waals surface area contributed by atoms with Gasteiger partial charge in [0.25, 0.3) is 0 Å². The van der Waals surface area contributed by atoms with Crippen LogP contribution in [0.4, 0.5) is 10.1 Å². The minimum absolute atomic E-state index is 0.356. The highest BCUT2D eigenvalue weighted by Gasteiger charge is 2.13. The Morgan fingerprint density at radius 3 is 2.74 bits per heavy atom. The van der Waals surface area contributed by atoms with Crippen molar-refractivity contribution in [3.05, 3.63) is 72.1 Å². The number of hydrogen-bond donors (Lipinski definition) is 1. The Bertz CT molecular complexity index is 1210. The molecule has 0 saturated heterocycles. The van der Waals surface area contributed by atoms with Crippen LogP contribution in [0.15, 0.2) is 69.3 Å². The maximum Gasteiger partial charge on any atom is 0.223 e. The number of aromatic nitrogens is 5. The monoisotopic (exact) mass is 436 g/mol. The van der Waals surface area contributed by atoms with E-state index < -0.39 is 0 Å². The lowest BCUT2D eigenvalue weighted by Gasteiger charge is -2.12. The summed E-state index contributed by atoms with van der Waals surface area (Å²) >= 11 is 1.58. The molecule has 0 aliphatic rings. The van der Waals surface area contributed by atoms with Crippen LogP contribution in [0.5, 0.6) is 0 Å². The van der Waals surface area contributed by atoms with Crippen molar-refractivity contribution in [3.8, 4) is 11.5 Å². The molecule has 0 spiro atoms. The van der Waals surface area contributed by atoms with Crippen molar-refractivity contribution >= 4 is 23.1 Å². The first-order valence-corrected chi connectivity index (χ1v) is 10.5. The predicted molar refractivity (Wildman–Crippen MR) is 118 cm³/mol. The van der Waals surface area contributed by atoms with E-state index in [0.29, 0.717) is 23.0 Å². The number of aryl methyl sites for hydroxylation is 2. The van der Waals surface area contributed by atoms with Crippen molar-refractivity contribution < 1.29 is 8.91 Å². The van der Waals surface area contributed by atoms with Crippen LogP contribution in [0.3, 0.4) is 0 Å². The van der Waals surface area contributed by atoms with Gasteiger partial charge >= 0.3 is 0 Å². The van der Waals surface area contributed by atoms with Crippen LogP contribution >= 0.6 is 11.8 Å². The van der Waals surface area contributed by atoms with Gasteiger partial charge in [0.05, 0.1) is 11.2 Å². The highest BCUT2D eigenvalue weighted by molar-refractivity contribution is 7.99. The van der Waals surface area contributed by atoms with Crippen LogP contribution in [0, 0.1) is 12.7 Å². The van der Waals surface area contributed by atoms with Gasteiger partial charge in [0.1, 0.15) is 5.69 Å². The number of anilines is 1. The minimum Gasteiger partial charge on any atom is -0.355 e. The van der Waals surface area contributed by atoms with Crippen molar-refractivity contribution in [3.63, 3.8) is 0 Å². The molecule has 9 heteroatoms. The van der Waals surface area contributed by atoms with E-state index in [9.17, 15) is 4.39 Å². The van der Waals surface area contributed by atoms with Gasteiger partial charge in [-0.1, -0.05) is 29.9 Å². The summed E-state index contributed by atoms with van der Waals surface area (Å²) in [5, 5.41) is 12.6. The Balaban J connectivity index is 1.49. The average Bonchev–Trinajstić information content (AvgIpc) is 3.35. The van der Waals surface area contributed by atoms with Crippen LogP contribution in [-0.4, -0.2) is 24.9 Å². The van der Waals surface area contributed by atoms with Crippen molar-refractivity contribution in [2.24, 2.45) is 7.05 Å². The molecule has 0 aliphatic heterocycles. The molecule has 7 nitrogen and oxygen atoms in total. The zero-order valence-corrected chi connectivity index (χ0v) is 18.2. The first-order chi connectivity index (χ1) is 15.0. The average molecular weight is 437 g/mol. The largest absolute Gasteiger partial charge is 0.355 e. The third-order valence-electron chi connectivity index (χ3n) is 4.42. The van der Waals surface area contributed by atoms with Gasteiger partial charge in [-0.05, 0) is 36.8 Å². The van der Waals surface area contributed by atoms with E-state index in [1.54, 1.807) is 35.6 Å². The second-order valence-corrected chi connectivity index (χ2v) is 7.86. The first-order valence-electron chi connectivity index (χ1n) is 9.73. The third kappa shape index (κ3) is 4.83. The number of nitrogens with one attached hydrogen (secondary N) is 1. The summed E-state index contributed by atoms with van der Waals surface area (Å²) in [5.41, 5.74) is 2.74. The summed E-state index contributed by atoms with van der Waals surface area (Å²) in [6.45, 7) is 3.76. The quantitative estimate of drug-likeness (QED) is 0.419. The lowest BCUT2D eigenvalue weighted by molar-refractivity contribution is 0.394. The van der Waals surface area contributed by atoms with Crippen molar-refractivity contribution in [2.75, 3.05) is 5.32 Å². The van der Waals surface area contributed by atoms with Gasteiger partial charge < -0.3 is 9.84 Å². The van der Waals surface area contributed by atoms with Crippen molar-refractivity contribution in [1.29, 1.82) is 0 Å². The SMILES string of the molecule is CC/C=C(\Nc1ccc(Sc2cc(-c3noc(C)n3)nn2C)cc1)c1ccncc1F. The maximum atomic E-state index is 14.2. The molecule has 0 atom stereocenters. The molecule has 0 amide bonds. The summed E-state index contributed by atoms with van der Waals surface area (Å²) < 4.78 is 21.0. The number of benzene rings is 1. The van der Waals surface area contributed by atoms with Crippen LogP contribution < -0.4 is 5.32 Å². The highest BCUT2D eigenvalue weighted by Crippen LogP contribution is 2.31. The number of rotatable bonds is 7. The molecule has 4 rings (SSSR count). The fourth-order valence-corrected chi connectivity index (χ4v) is 3.82. The smallest absolute Gasteiger partial charge is 0.223 e. The van der Waals surface area contributed by atoms with Gasteiger partial charge in [0.2, 0.25) is 11.7 Å². The second-order valence-electron chi connectivity index (χ2n) is 6.76. The lowest BCUT2D eigenvalue weighted by atomic mass is 10.1. The van der Waals surface area contributed by atoms with E-state index >= 15 is 0 Å². The molecule has 1 aromatic carbocycles. The van der Waals surface area contributed by atoms with Gasteiger partial charge in [-0.15, -0.1) is 0 Å². The van der Waals surface area contributed by atoms with E-state index in [2.05, 4.69) is 25.5 Å². The minimum atomic E-state index is -0.356. The van der Waals surface area contributed by atoms with Gasteiger partial charge in [0.15, 0.2) is 5.82 Å². The summed E-state index contributed by atoms with van der Waals surface area (Å²) in [6.07, 6.45) is 5.54. The number of hydrogen-bond acceptors (Lipinski definition) is 7. The van der Waals surface area contributed by atoms with Gasteiger partial charge in [-0.3, -0.25) is 9.67 Å². The number of pyridine rings is 1. The Morgan fingerprint density at radius 2 is 2.06 bits per heavy atom. The molecule has 0 fully saturated rings. The molecule has 1 N–H and O–H groups in total. The van der Waals surface area contributed by atoms with Gasteiger partial charge in [0, 0.05) is 48.1 Å². The molecule has 0 saturated carbocycles. The standard InChI is InChI=1S/C22H21FN6OS/c1-4-5-19(17-10-11-24-13-18(17)23)26-15-6-8-16(9-7-15)31-21-12-20(27-29(21)3)22-25-14(2)30-28-22/h5-13,26H,4H2,1-3H3/b19-5-. The van der Waals surface area contributed by atoms with Crippen LogP contribution in [0.2, 0.25) is 0 Å². The van der Waals surface area contributed by atoms with Crippen LogP contribution in [0.25, 0.3) is 17.2 Å². The Hall–Kier alpha value is -3.46. The molecule has 158 valence electrons. The molecular weight excluding hydrogens is 415 g/mol. The van der Waals surface area contributed by atoms with E-state index in [-0.39, 0.29) is 5.82 Å². The Morgan fingerprint density at radius 1 is 1.26 bits per heavy atom. The van der Waals surface area contributed by atoms with Crippen molar-refractivity contribution in [1.82, 2.24) is 24.9 Å². The fourth-order valence-electron chi connectivity index (χ4n) is 2.97. The fraction of sp³-hybridized carbons (Fsp3) is 0.182. The highest BCUT2D eigenvalue weighted by atomic mass is 32.2. The number of nitrogens with zero attached hydrogens (tertiary/aromatic N) is 5. The summed E-state index contributed by atoms with van der Waals surface area (Å²) in [7, 11) is 1.87. The van der Waals surface area contributed by atoms with E-state index in [0.717, 1.165) is 27.7 Å². The topological polar surface area (TPSA) is 81.7 Å². The molecule has 0 bridgehead atoms. The molecule has 0 unspecified atom stereocenters. The van der Waals surface area contributed by atoms with Crippen LogP contribution in [0.1, 0.15) is 24.8 Å². The molecule has 3 aromatic heterocycles. The molecule has 0 aliphatic carbocycles. The molecule has 31 heavy (non-hydrogen) atoms. The first kappa shape index (κ1) is 20.8. The molecule has 4 aromatic rings. The zero-order chi connectivity index (χ0) is 21.8. The molecule has 0 radical (unpaired) electrons. The van der Waals surface area contributed by atoms with Crippen LogP contribution in [-0.2, 0) is 7.05 Å². The summed E-state index contributed by atoms with van der Waals surface area (Å²) in [4.78, 5) is 9.09. The van der Waals surface area contributed by atoms with Gasteiger partial charge in [-0.2, -0.15) is 10.1 Å². The number of halogens is 1.